The summed E-state index contributed by atoms with van der Waals surface area (Å²) in [7, 11) is 0. The van der Waals surface area contributed by atoms with Crippen molar-refractivity contribution in [3.63, 3.8) is 0 Å². The zero-order chi connectivity index (χ0) is 14.5. The number of nitrogens with zero attached hydrogens (tertiary/aromatic N) is 2. The van der Waals surface area contributed by atoms with Gasteiger partial charge in [0.1, 0.15) is 16.6 Å². The van der Waals surface area contributed by atoms with Crippen LogP contribution in [0.4, 0.5) is 9.52 Å². The molecule has 0 unspecified atom stereocenters. The molecule has 0 aliphatic heterocycles. The summed E-state index contributed by atoms with van der Waals surface area (Å²) in [5.41, 5.74) is 0. The Morgan fingerprint density at radius 2 is 2.30 bits per heavy atom. The lowest BCUT2D eigenvalue weighted by atomic mass is 10.3. The van der Waals surface area contributed by atoms with E-state index in [4.69, 9.17) is 4.74 Å². The summed E-state index contributed by atoms with van der Waals surface area (Å²) >= 11 is 4.48. The normalized spacial score (nSPS) is 10.3. The summed E-state index contributed by atoms with van der Waals surface area (Å²) < 4.78 is 18.6. The van der Waals surface area contributed by atoms with Gasteiger partial charge in [-0.2, -0.15) is 0 Å². The van der Waals surface area contributed by atoms with E-state index in [1.165, 1.54) is 29.5 Å². The van der Waals surface area contributed by atoms with Crippen LogP contribution in [0.25, 0.3) is 0 Å². The van der Waals surface area contributed by atoms with Crippen LogP contribution in [-0.4, -0.2) is 22.7 Å². The van der Waals surface area contributed by atoms with E-state index in [0.717, 1.165) is 11.4 Å². The smallest absolute Gasteiger partial charge is 0.264 e. The summed E-state index contributed by atoms with van der Waals surface area (Å²) in [5, 5.41) is 11.6. The van der Waals surface area contributed by atoms with Gasteiger partial charge in [0, 0.05) is 0 Å². The monoisotopic (exact) mass is 359 g/mol. The van der Waals surface area contributed by atoms with Crippen molar-refractivity contribution in [1.82, 2.24) is 10.2 Å². The van der Waals surface area contributed by atoms with Crippen LogP contribution in [0.1, 0.15) is 11.9 Å². The molecule has 0 aliphatic rings. The van der Waals surface area contributed by atoms with Crippen molar-refractivity contribution in [2.24, 2.45) is 0 Å². The summed E-state index contributed by atoms with van der Waals surface area (Å²) in [6.45, 7) is 1.77. The highest BCUT2D eigenvalue weighted by atomic mass is 79.9. The topological polar surface area (TPSA) is 64.1 Å². The zero-order valence-electron chi connectivity index (χ0n) is 10.5. The molecule has 0 fully saturated rings. The minimum atomic E-state index is -0.380. The number of aryl methyl sites for hydroxylation is 1. The predicted molar refractivity (Wildman–Crippen MR) is 77.5 cm³/mol. The Labute approximate surface area is 127 Å². The maximum atomic E-state index is 12.9. The Bertz CT molecular complexity index is 620. The van der Waals surface area contributed by atoms with E-state index in [2.05, 4.69) is 31.4 Å². The van der Waals surface area contributed by atoms with Gasteiger partial charge in [-0.05, 0) is 40.5 Å². The number of ether oxygens (including phenoxy) is 1. The van der Waals surface area contributed by atoms with E-state index in [0.29, 0.717) is 15.4 Å². The average Bonchev–Trinajstić information content (AvgIpc) is 2.85. The quantitative estimate of drug-likeness (QED) is 0.890. The minimum absolute atomic E-state index is 0.189. The van der Waals surface area contributed by atoms with Crippen LogP contribution in [-0.2, 0) is 11.2 Å². The molecule has 1 aromatic carbocycles. The van der Waals surface area contributed by atoms with Gasteiger partial charge in [-0.25, -0.2) is 4.39 Å². The Kier molecular flexibility index (Phi) is 5.02. The van der Waals surface area contributed by atoms with Gasteiger partial charge in [0.05, 0.1) is 4.47 Å². The standard InChI is InChI=1S/C12H11BrFN3O2S/c1-2-11-16-17-12(20-11)15-10(18)6-19-9-4-3-7(14)5-8(9)13/h3-5H,2,6H2,1H3,(H,15,17,18). The number of carbonyl (C=O) groups excluding carboxylic acids is 1. The van der Waals surface area contributed by atoms with Gasteiger partial charge in [0.15, 0.2) is 6.61 Å². The second kappa shape index (κ2) is 6.76. The van der Waals surface area contributed by atoms with Crippen LogP contribution < -0.4 is 10.1 Å². The highest BCUT2D eigenvalue weighted by Crippen LogP contribution is 2.25. The number of rotatable bonds is 5. The third-order valence-corrected chi connectivity index (χ3v) is 3.87. The summed E-state index contributed by atoms with van der Waals surface area (Å²) in [6, 6.07) is 3.98. The van der Waals surface area contributed by atoms with Gasteiger partial charge in [-0.1, -0.05) is 18.3 Å². The molecule has 1 heterocycles. The van der Waals surface area contributed by atoms with Gasteiger partial charge >= 0.3 is 0 Å². The number of carbonyl (C=O) groups is 1. The lowest BCUT2D eigenvalue weighted by Crippen LogP contribution is -2.20. The minimum Gasteiger partial charge on any atom is -0.483 e. The molecule has 8 heteroatoms. The first kappa shape index (κ1) is 14.9. The van der Waals surface area contributed by atoms with E-state index >= 15 is 0 Å². The predicted octanol–water partition coefficient (Wildman–Crippen LogP) is 3.02. The van der Waals surface area contributed by atoms with Gasteiger partial charge < -0.3 is 4.74 Å². The van der Waals surface area contributed by atoms with Crippen LogP contribution in [0.15, 0.2) is 22.7 Å². The average molecular weight is 360 g/mol. The molecule has 0 radical (unpaired) electrons. The molecule has 5 nitrogen and oxygen atoms in total. The molecule has 1 amide bonds. The van der Waals surface area contributed by atoms with Crippen molar-refractivity contribution in [2.75, 3.05) is 11.9 Å². The number of nitrogens with one attached hydrogen (secondary N) is 1. The van der Waals surface area contributed by atoms with Crippen molar-refractivity contribution < 1.29 is 13.9 Å². The van der Waals surface area contributed by atoms with Crippen molar-refractivity contribution in [1.29, 1.82) is 0 Å². The van der Waals surface area contributed by atoms with Crippen LogP contribution in [0, 0.1) is 5.82 Å². The van der Waals surface area contributed by atoms with Crippen LogP contribution in [0.2, 0.25) is 0 Å². The Morgan fingerprint density at radius 3 is 2.95 bits per heavy atom. The lowest BCUT2D eigenvalue weighted by Gasteiger charge is -2.07. The van der Waals surface area contributed by atoms with E-state index in [1.807, 2.05) is 6.92 Å². The van der Waals surface area contributed by atoms with Gasteiger partial charge in [0.2, 0.25) is 5.13 Å². The van der Waals surface area contributed by atoms with Gasteiger partial charge in [0.25, 0.3) is 5.91 Å². The highest BCUT2D eigenvalue weighted by Gasteiger charge is 2.09. The third kappa shape index (κ3) is 3.97. The molecule has 0 aliphatic carbocycles. The number of aromatic nitrogens is 2. The first-order valence-electron chi connectivity index (χ1n) is 5.78. The van der Waals surface area contributed by atoms with Gasteiger partial charge in [-0.15, -0.1) is 10.2 Å². The van der Waals surface area contributed by atoms with Crippen LogP contribution >= 0.6 is 27.3 Å². The molecule has 1 N–H and O–H groups in total. The first-order chi connectivity index (χ1) is 9.58. The van der Waals surface area contributed by atoms with Crippen molar-refractivity contribution >= 4 is 38.3 Å². The fourth-order valence-electron chi connectivity index (χ4n) is 1.34. The van der Waals surface area contributed by atoms with E-state index < -0.39 is 0 Å². The number of benzene rings is 1. The van der Waals surface area contributed by atoms with Crippen molar-refractivity contribution in [3.8, 4) is 5.75 Å². The maximum Gasteiger partial charge on any atom is 0.264 e. The second-order valence-electron chi connectivity index (χ2n) is 3.77. The molecule has 0 bridgehead atoms. The summed E-state index contributed by atoms with van der Waals surface area (Å²) in [4.78, 5) is 11.7. The molecular formula is C12H11BrFN3O2S. The molecule has 106 valence electrons. The molecular weight excluding hydrogens is 349 g/mol. The summed E-state index contributed by atoms with van der Waals surface area (Å²) in [6.07, 6.45) is 0.770. The molecule has 2 rings (SSSR count). The van der Waals surface area contributed by atoms with Crippen LogP contribution in [0.5, 0.6) is 5.75 Å². The molecule has 0 spiro atoms. The number of anilines is 1. The van der Waals surface area contributed by atoms with E-state index in [1.54, 1.807) is 0 Å². The van der Waals surface area contributed by atoms with Crippen LogP contribution in [0.3, 0.4) is 0 Å². The molecule has 0 saturated heterocycles. The Balaban J connectivity index is 1.88. The fraction of sp³-hybridized carbons (Fsp3) is 0.250. The lowest BCUT2D eigenvalue weighted by molar-refractivity contribution is -0.118. The molecule has 0 atom stereocenters. The molecule has 2 aromatic rings. The largest absolute Gasteiger partial charge is 0.483 e. The van der Waals surface area contributed by atoms with E-state index in [-0.39, 0.29) is 18.3 Å². The Hall–Kier alpha value is -1.54. The zero-order valence-corrected chi connectivity index (χ0v) is 12.9. The number of hydrogen-bond donors (Lipinski definition) is 1. The van der Waals surface area contributed by atoms with Crippen molar-refractivity contribution in [3.05, 3.63) is 33.5 Å². The third-order valence-electron chi connectivity index (χ3n) is 2.27. The van der Waals surface area contributed by atoms with Crippen molar-refractivity contribution in [2.45, 2.75) is 13.3 Å². The summed E-state index contributed by atoms with van der Waals surface area (Å²) in [5.74, 6) is -0.331. The SMILES string of the molecule is CCc1nnc(NC(=O)COc2ccc(F)cc2Br)s1. The fourth-order valence-corrected chi connectivity index (χ4v) is 2.50. The highest BCUT2D eigenvalue weighted by molar-refractivity contribution is 9.10. The second-order valence-corrected chi connectivity index (χ2v) is 5.68. The Morgan fingerprint density at radius 1 is 1.50 bits per heavy atom. The number of halogens is 2. The van der Waals surface area contributed by atoms with E-state index in [9.17, 15) is 9.18 Å². The molecule has 0 saturated carbocycles. The molecule has 1 aromatic heterocycles. The number of hydrogen-bond acceptors (Lipinski definition) is 5. The first-order valence-corrected chi connectivity index (χ1v) is 7.39. The number of amides is 1. The maximum absolute atomic E-state index is 12.9. The molecule has 20 heavy (non-hydrogen) atoms. The van der Waals surface area contributed by atoms with Gasteiger partial charge in [-0.3, -0.25) is 10.1 Å².